The van der Waals surface area contributed by atoms with Crippen LogP contribution >= 0.6 is 35.5 Å². The predicted molar refractivity (Wildman–Crippen MR) is 116 cm³/mol. The predicted octanol–water partition coefficient (Wildman–Crippen LogP) is 1.51. The number of nitrogens with one attached hydrogen (secondary N) is 1. The zero-order valence-corrected chi connectivity index (χ0v) is 18.6. The number of likely N-dealkylation sites (tertiary alicyclic amines) is 1. The average molecular weight is 479 g/mol. The van der Waals surface area contributed by atoms with Crippen LogP contribution in [0, 0.1) is 0 Å². The van der Waals surface area contributed by atoms with Gasteiger partial charge in [-0.15, -0.1) is 24.0 Å². The van der Waals surface area contributed by atoms with Gasteiger partial charge in [0.15, 0.2) is 5.96 Å². The number of aliphatic imine (C=N–C) groups is 1. The molecule has 142 valence electrons. The number of nitrogens with zero attached hydrogens (tertiary/aromatic N) is 6. The van der Waals surface area contributed by atoms with E-state index in [9.17, 15) is 0 Å². The molecule has 0 amide bonds. The van der Waals surface area contributed by atoms with Gasteiger partial charge in [-0.1, -0.05) is 6.92 Å². The Bertz CT molecular complexity index is 556. The van der Waals surface area contributed by atoms with Crippen LogP contribution in [0.5, 0.6) is 0 Å². The van der Waals surface area contributed by atoms with E-state index in [1.54, 1.807) is 0 Å². The lowest BCUT2D eigenvalue weighted by atomic mass is 10.2. The highest BCUT2D eigenvalue weighted by molar-refractivity contribution is 14.0. The molecule has 2 aliphatic rings. The highest BCUT2D eigenvalue weighted by Crippen LogP contribution is 2.19. The van der Waals surface area contributed by atoms with Gasteiger partial charge in [0, 0.05) is 63.8 Å². The SMILES string of the molecule is CCc1nsc(N2CCN(C(=NC)NCC3CCCN3C)CC2)n1.I. The summed E-state index contributed by atoms with van der Waals surface area (Å²) in [5.74, 6) is 1.98. The Hall–Kier alpha value is -0.680. The summed E-state index contributed by atoms with van der Waals surface area (Å²) in [5.41, 5.74) is 0. The standard InChI is InChI=1S/C16H29N7S.HI/c1-4-14-19-16(24-20-14)23-10-8-22(9-11-23)15(17-2)18-12-13-6-5-7-21(13)3;/h13H,4-12H2,1-3H3,(H,17,18);1H. The van der Waals surface area contributed by atoms with E-state index in [0.29, 0.717) is 6.04 Å². The van der Waals surface area contributed by atoms with Gasteiger partial charge in [0.2, 0.25) is 5.13 Å². The van der Waals surface area contributed by atoms with E-state index in [1.807, 2.05) is 7.05 Å². The normalized spacial score (nSPS) is 22.2. The molecule has 1 aromatic heterocycles. The number of halogens is 1. The largest absolute Gasteiger partial charge is 0.355 e. The summed E-state index contributed by atoms with van der Waals surface area (Å²) < 4.78 is 4.40. The van der Waals surface area contributed by atoms with Crippen molar-refractivity contribution < 1.29 is 0 Å². The Kier molecular flexibility index (Phi) is 8.14. The molecule has 3 heterocycles. The molecule has 1 aromatic rings. The topological polar surface area (TPSA) is 59.9 Å². The van der Waals surface area contributed by atoms with Crippen LogP contribution in [-0.2, 0) is 6.42 Å². The molecule has 1 N–H and O–H groups in total. The van der Waals surface area contributed by atoms with Crippen LogP contribution in [0.25, 0.3) is 0 Å². The van der Waals surface area contributed by atoms with Crippen LogP contribution in [0.3, 0.4) is 0 Å². The first kappa shape index (κ1) is 20.6. The van der Waals surface area contributed by atoms with Gasteiger partial charge in [-0.25, -0.2) is 4.98 Å². The number of piperazine rings is 1. The second kappa shape index (κ2) is 9.86. The Morgan fingerprint density at radius 1 is 1.28 bits per heavy atom. The Labute approximate surface area is 172 Å². The van der Waals surface area contributed by atoms with Gasteiger partial charge in [0.25, 0.3) is 0 Å². The van der Waals surface area contributed by atoms with E-state index < -0.39 is 0 Å². The minimum absolute atomic E-state index is 0. The van der Waals surface area contributed by atoms with Crippen LogP contribution in [0.4, 0.5) is 5.13 Å². The maximum atomic E-state index is 4.60. The number of hydrogen-bond acceptors (Lipinski definition) is 6. The van der Waals surface area contributed by atoms with Crippen molar-refractivity contribution in [1.82, 2.24) is 24.5 Å². The summed E-state index contributed by atoms with van der Waals surface area (Å²) in [6, 6.07) is 0.636. The number of aromatic nitrogens is 2. The van der Waals surface area contributed by atoms with Crippen LogP contribution < -0.4 is 10.2 Å². The van der Waals surface area contributed by atoms with Crippen LogP contribution in [0.2, 0.25) is 0 Å². The van der Waals surface area contributed by atoms with E-state index in [0.717, 1.165) is 56.1 Å². The second-order valence-corrected chi connectivity index (χ2v) is 7.26. The third kappa shape index (κ3) is 5.16. The summed E-state index contributed by atoms with van der Waals surface area (Å²) in [4.78, 5) is 16.2. The fourth-order valence-corrected chi connectivity index (χ4v) is 4.21. The lowest BCUT2D eigenvalue weighted by Crippen LogP contribution is -2.54. The quantitative estimate of drug-likeness (QED) is 0.402. The molecule has 0 radical (unpaired) electrons. The van der Waals surface area contributed by atoms with Crippen molar-refractivity contribution in [2.24, 2.45) is 4.99 Å². The molecule has 25 heavy (non-hydrogen) atoms. The van der Waals surface area contributed by atoms with Gasteiger partial charge < -0.3 is 20.0 Å². The first-order valence-electron chi connectivity index (χ1n) is 8.94. The number of aryl methyl sites for hydroxylation is 1. The monoisotopic (exact) mass is 479 g/mol. The minimum Gasteiger partial charge on any atom is -0.355 e. The first-order valence-corrected chi connectivity index (χ1v) is 9.72. The van der Waals surface area contributed by atoms with E-state index >= 15 is 0 Å². The number of anilines is 1. The zero-order valence-electron chi connectivity index (χ0n) is 15.4. The summed E-state index contributed by atoms with van der Waals surface area (Å²) in [7, 11) is 4.10. The maximum absolute atomic E-state index is 4.60. The van der Waals surface area contributed by atoms with E-state index in [2.05, 4.69) is 48.3 Å². The molecule has 9 heteroatoms. The van der Waals surface area contributed by atoms with Crippen molar-refractivity contribution in [3.63, 3.8) is 0 Å². The Morgan fingerprint density at radius 2 is 2.04 bits per heavy atom. The van der Waals surface area contributed by atoms with Crippen molar-refractivity contribution in [3.05, 3.63) is 5.82 Å². The number of guanidine groups is 1. The Balaban J connectivity index is 0.00000225. The summed E-state index contributed by atoms with van der Waals surface area (Å²) in [5, 5.41) is 4.63. The molecule has 7 nitrogen and oxygen atoms in total. The molecule has 0 bridgehead atoms. The second-order valence-electron chi connectivity index (χ2n) is 6.53. The molecule has 2 aliphatic heterocycles. The minimum atomic E-state index is 0. The number of likely N-dealkylation sites (N-methyl/N-ethyl adjacent to an activating group) is 1. The van der Waals surface area contributed by atoms with Crippen LogP contribution in [0.15, 0.2) is 4.99 Å². The van der Waals surface area contributed by atoms with E-state index in [-0.39, 0.29) is 24.0 Å². The molecule has 0 aromatic carbocycles. The molecular weight excluding hydrogens is 449 g/mol. The van der Waals surface area contributed by atoms with Crippen molar-refractivity contribution in [2.45, 2.75) is 32.2 Å². The van der Waals surface area contributed by atoms with Crippen LogP contribution in [0.1, 0.15) is 25.6 Å². The molecule has 0 spiro atoms. The van der Waals surface area contributed by atoms with Gasteiger partial charge >= 0.3 is 0 Å². The number of hydrogen-bond donors (Lipinski definition) is 1. The van der Waals surface area contributed by atoms with Crippen molar-refractivity contribution in [1.29, 1.82) is 0 Å². The van der Waals surface area contributed by atoms with E-state index in [1.165, 1.54) is 30.9 Å². The fraction of sp³-hybridized carbons (Fsp3) is 0.812. The first-order chi connectivity index (χ1) is 11.7. The molecule has 2 fully saturated rings. The highest BCUT2D eigenvalue weighted by atomic mass is 127. The van der Waals surface area contributed by atoms with Gasteiger partial charge in [-0.2, -0.15) is 4.37 Å². The van der Waals surface area contributed by atoms with Crippen LogP contribution in [-0.4, -0.2) is 84.5 Å². The van der Waals surface area contributed by atoms with E-state index in [4.69, 9.17) is 0 Å². The number of rotatable bonds is 4. The summed E-state index contributed by atoms with van der Waals surface area (Å²) >= 11 is 1.52. The zero-order chi connectivity index (χ0) is 16.9. The van der Waals surface area contributed by atoms with Crippen molar-refractivity contribution in [2.75, 3.05) is 58.3 Å². The molecule has 0 saturated carbocycles. The van der Waals surface area contributed by atoms with Gasteiger partial charge in [0.05, 0.1) is 0 Å². The molecule has 0 aliphatic carbocycles. The third-order valence-electron chi connectivity index (χ3n) is 5.00. The molecular formula is C16H30IN7S. The van der Waals surface area contributed by atoms with Gasteiger partial charge in [-0.05, 0) is 26.4 Å². The molecule has 2 saturated heterocycles. The molecule has 3 rings (SSSR count). The Morgan fingerprint density at radius 3 is 2.60 bits per heavy atom. The fourth-order valence-electron chi connectivity index (χ4n) is 3.40. The van der Waals surface area contributed by atoms with Gasteiger partial charge in [0.1, 0.15) is 5.82 Å². The summed E-state index contributed by atoms with van der Waals surface area (Å²) in [6.45, 7) is 8.19. The summed E-state index contributed by atoms with van der Waals surface area (Å²) in [6.07, 6.45) is 3.50. The van der Waals surface area contributed by atoms with Crippen molar-refractivity contribution >= 4 is 46.6 Å². The third-order valence-corrected chi connectivity index (χ3v) is 5.82. The maximum Gasteiger partial charge on any atom is 0.205 e. The smallest absolute Gasteiger partial charge is 0.205 e. The van der Waals surface area contributed by atoms with Gasteiger partial charge in [-0.3, -0.25) is 4.99 Å². The highest BCUT2D eigenvalue weighted by Gasteiger charge is 2.24. The molecule has 1 atom stereocenters. The van der Waals surface area contributed by atoms with Crippen molar-refractivity contribution in [3.8, 4) is 0 Å². The molecule has 1 unspecified atom stereocenters. The lowest BCUT2D eigenvalue weighted by Gasteiger charge is -2.36. The average Bonchev–Trinajstić information content (AvgIpc) is 3.25. The lowest BCUT2D eigenvalue weighted by molar-refractivity contribution is 0.303.